The second kappa shape index (κ2) is 11.6. The molecule has 182 valence electrons. The van der Waals surface area contributed by atoms with Crippen molar-refractivity contribution in [1.29, 1.82) is 0 Å². The third kappa shape index (κ3) is 6.66. The summed E-state index contributed by atoms with van der Waals surface area (Å²) in [5.41, 5.74) is 3.92. The van der Waals surface area contributed by atoms with Crippen LogP contribution >= 0.6 is 0 Å². The predicted molar refractivity (Wildman–Crippen MR) is 137 cm³/mol. The van der Waals surface area contributed by atoms with Crippen molar-refractivity contribution in [3.05, 3.63) is 72.6 Å². The van der Waals surface area contributed by atoms with E-state index in [1.165, 1.54) is 0 Å². The smallest absolute Gasteiger partial charge is 0.407 e. The van der Waals surface area contributed by atoms with Crippen LogP contribution in [0.1, 0.15) is 43.0 Å². The summed E-state index contributed by atoms with van der Waals surface area (Å²) in [6.07, 6.45) is 7.14. The molecule has 7 heteroatoms. The molecule has 7 nitrogen and oxygen atoms in total. The van der Waals surface area contributed by atoms with Gasteiger partial charge in [0.25, 0.3) is 5.91 Å². The molecule has 35 heavy (non-hydrogen) atoms. The van der Waals surface area contributed by atoms with E-state index in [-0.39, 0.29) is 12.5 Å². The summed E-state index contributed by atoms with van der Waals surface area (Å²) in [7, 11) is 0. The molecule has 2 amide bonds. The van der Waals surface area contributed by atoms with Gasteiger partial charge < -0.3 is 15.4 Å². The minimum Gasteiger partial charge on any atom is -0.445 e. The molecule has 0 bridgehead atoms. The highest BCUT2D eigenvalue weighted by Gasteiger charge is 2.23. The van der Waals surface area contributed by atoms with Gasteiger partial charge in [0, 0.05) is 36.4 Å². The highest BCUT2D eigenvalue weighted by atomic mass is 16.5. The lowest BCUT2D eigenvalue weighted by molar-refractivity contribution is 0.0942. The lowest BCUT2D eigenvalue weighted by atomic mass is 9.82. The maximum absolute atomic E-state index is 13.2. The number of carbonyl (C=O) groups is 2. The Hall–Kier alpha value is -3.74. The topological polar surface area (TPSA) is 93.2 Å². The van der Waals surface area contributed by atoms with Crippen LogP contribution in [0.2, 0.25) is 0 Å². The van der Waals surface area contributed by atoms with Gasteiger partial charge in [0.2, 0.25) is 0 Å². The number of hydrogen-bond acceptors (Lipinski definition) is 5. The van der Waals surface area contributed by atoms with Crippen molar-refractivity contribution in [3.63, 3.8) is 0 Å². The van der Waals surface area contributed by atoms with Crippen molar-refractivity contribution in [1.82, 2.24) is 20.6 Å². The number of rotatable bonds is 8. The highest BCUT2D eigenvalue weighted by molar-refractivity contribution is 6.07. The summed E-state index contributed by atoms with van der Waals surface area (Å²) in [4.78, 5) is 33.8. The number of pyridine rings is 2. The molecule has 2 aromatic heterocycles. The fourth-order valence-corrected chi connectivity index (χ4v) is 4.47. The summed E-state index contributed by atoms with van der Waals surface area (Å²) < 4.78 is 5.09. The molecular weight excluding hydrogens is 440 g/mol. The van der Waals surface area contributed by atoms with Gasteiger partial charge in [-0.3, -0.25) is 9.78 Å². The van der Waals surface area contributed by atoms with Crippen molar-refractivity contribution in [2.24, 2.45) is 11.8 Å². The molecule has 1 aliphatic rings. The highest BCUT2D eigenvalue weighted by Crippen LogP contribution is 2.29. The van der Waals surface area contributed by atoms with E-state index in [4.69, 9.17) is 9.72 Å². The number of aromatic nitrogens is 2. The number of para-hydroxylation sites is 1. The Morgan fingerprint density at radius 3 is 2.34 bits per heavy atom. The zero-order valence-corrected chi connectivity index (χ0v) is 20.1. The summed E-state index contributed by atoms with van der Waals surface area (Å²) >= 11 is 0. The summed E-state index contributed by atoms with van der Waals surface area (Å²) in [6.45, 7) is 7.06. The van der Waals surface area contributed by atoms with Crippen LogP contribution in [-0.2, 0) is 4.74 Å². The second-order valence-corrected chi connectivity index (χ2v) is 9.32. The van der Waals surface area contributed by atoms with Crippen molar-refractivity contribution in [2.45, 2.75) is 32.6 Å². The first-order valence-corrected chi connectivity index (χ1v) is 12.1. The molecule has 0 unspecified atom stereocenters. The van der Waals surface area contributed by atoms with Gasteiger partial charge in [-0.15, -0.1) is 0 Å². The van der Waals surface area contributed by atoms with Gasteiger partial charge in [0.05, 0.1) is 16.8 Å². The summed E-state index contributed by atoms with van der Waals surface area (Å²) in [5.74, 6) is 0.785. The number of hydrogen-bond donors (Lipinski definition) is 2. The zero-order valence-electron chi connectivity index (χ0n) is 20.1. The van der Waals surface area contributed by atoms with Crippen molar-refractivity contribution < 1.29 is 14.3 Å². The largest absolute Gasteiger partial charge is 0.445 e. The molecule has 2 heterocycles. The summed E-state index contributed by atoms with van der Waals surface area (Å²) in [5, 5.41) is 6.85. The molecule has 1 fully saturated rings. The number of benzene rings is 1. The normalized spacial score (nSPS) is 17.5. The van der Waals surface area contributed by atoms with E-state index in [1.54, 1.807) is 12.4 Å². The molecule has 4 rings (SSSR count). The molecular formula is C28H32N4O3. The number of fused-ring (bicyclic) bond motifs is 1. The number of nitrogens with one attached hydrogen (secondary N) is 2. The third-order valence-electron chi connectivity index (χ3n) is 6.44. The average Bonchev–Trinajstić information content (AvgIpc) is 2.89. The van der Waals surface area contributed by atoms with Crippen molar-refractivity contribution >= 4 is 22.9 Å². The Balaban J connectivity index is 1.32. The Bertz CT molecular complexity index is 1190. The first-order valence-electron chi connectivity index (χ1n) is 12.1. The quantitative estimate of drug-likeness (QED) is 0.443. The van der Waals surface area contributed by atoms with Gasteiger partial charge in [0.1, 0.15) is 6.61 Å². The van der Waals surface area contributed by atoms with Crippen LogP contribution in [0.3, 0.4) is 0 Å². The Kier molecular flexibility index (Phi) is 8.08. The number of carbonyl (C=O) groups excluding carboxylic acids is 2. The Morgan fingerprint density at radius 1 is 1.00 bits per heavy atom. The molecule has 0 spiro atoms. The van der Waals surface area contributed by atoms with E-state index in [2.05, 4.69) is 22.2 Å². The Labute approximate surface area is 206 Å². The minimum atomic E-state index is -0.391. The Morgan fingerprint density at radius 2 is 1.66 bits per heavy atom. The fraction of sp³-hybridized carbons (Fsp3) is 0.357. The van der Waals surface area contributed by atoms with Crippen LogP contribution in [0.5, 0.6) is 0 Å². The molecule has 3 aromatic rings. The van der Waals surface area contributed by atoms with E-state index >= 15 is 0 Å². The van der Waals surface area contributed by atoms with Crippen LogP contribution in [0.15, 0.2) is 67.0 Å². The number of ether oxygens (including phenoxy) is 1. The molecule has 0 radical (unpaired) electrons. The maximum Gasteiger partial charge on any atom is 0.407 e. The summed E-state index contributed by atoms with van der Waals surface area (Å²) in [6, 6.07) is 13.4. The van der Waals surface area contributed by atoms with Gasteiger partial charge in [0.15, 0.2) is 0 Å². The second-order valence-electron chi connectivity index (χ2n) is 9.32. The zero-order chi connectivity index (χ0) is 24.6. The molecule has 1 saturated carbocycles. The van der Waals surface area contributed by atoms with Crippen LogP contribution in [0.25, 0.3) is 22.2 Å². The van der Waals surface area contributed by atoms with E-state index in [1.807, 2.05) is 49.4 Å². The van der Waals surface area contributed by atoms with Gasteiger partial charge in [-0.2, -0.15) is 0 Å². The number of nitrogens with zero attached hydrogens (tertiary/aromatic N) is 2. The molecule has 1 aromatic carbocycles. The van der Waals surface area contributed by atoms with Crippen LogP contribution < -0.4 is 10.6 Å². The van der Waals surface area contributed by atoms with E-state index in [0.29, 0.717) is 30.5 Å². The molecule has 0 atom stereocenters. The standard InChI is InChI=1S/C28H32N4O3/c1-19(2)18-35-28(34)31-17-21-9-7-20(8-10-21)16-30-27(33)24-15-26(22-11-13-29-14-12-22)32-25-6-4-3-5-23(24)25/h3-6,11-15,20-21H,1,7-10,16-18H2,2H3,(H,30,33)(H,31,34). The van der Waals surface area contributed by atoms with Crippen LogP contribution in [0.4, 0.5) is 4.79 Å². The maximum atomic E-state index is 13.2. The minimum absolute atomic E-state index is 0.0806. The monoisotopic (exact) mass is 472 g/mol. The number of amides is 2. The van der Waals surface area contributed by atoms with Crippen LogP contribution in [0, 0.1) is 11.8 Å². The molecule has 1 aliphatic carbocycles. The molecule has 0 aliphatic heterocycles. The third-order valence-corrected chi connectivity index (χ3v) is 6.44. The van der Waals surface area contributed by atoms with Gasteiger partial charge >= 0.3 is 6.09 Å². The van der Waals surface area contributed by atoms with Crippen molar-refractivity contribution in [2.75, 3.05) is 19.7 Å². The first kappa shape index (κ1) is 24.4. The predicted octanol–water partition coefficient (Wildman–Crippen LogP) is 5.14. The molecule has 2 N–H and O–H groups in total. The van der Waals surface area contributed by atoms with Gasteiger partial charge in [-0.1, -0.05) is 24.8 Å². The SMILES string of the molecule is C=C(C)COC(=O)NCC1CCC(CNC(=O)c2cc(-c3ccncc3)nc3ccccc23)CC1. The van der Waals surface area contributed by atoms with Crippen LogP contribution in [-0.4, -0.2) is 41.7 Å². The average molecular weight is 473 g/mol. The van der Waals surface area contributed by atoms with E-state index < -0.39 is 6.09 Å². The van der Waals surface area contributed by atoms with E-state index in [9.17, 15) is 9.59 Å². The number of alkyl carbamates (subject to hydrolysis) is 1. The first-order chi connectivity index (χ1) is 17.0. The van der Waals surface area contributed by atoms with E-state index in [0.717, 1.165) is 53.4 Å². The lowest BCUT2D eigenvalue weighted by Crippen LogP contribution is -2.35. The lowest BCUT2D eigenvalue weighted by Gasteiger charge is -2.28. The fourth-order valence-electron chi connectivity index (χ4n) is 4.47. The van der Waals surface area contributed by atoms with Crippen molar-refractivity contribution in [3.8, 4) is 11.3 Å². The van der Waals surface area contributed by atoms with Gasteiger partial charge in [-0.25, -0.2) is 9.78 Å². The van der Waals surface area contributed by atoms with Gasteiger partial charge in [-0.05, 0) is 74.3 Å². The molecule has 0 saturated heterocycles.